The Bertz CT molecular complexity index is 1030. The zero-order valence-electron chi connectivity index (χ0n) is 16.4. The standard InChI is InChI=1S/C16H21BrFN7O5S/c1-25(11-4-5-19-9-11)31(27,28)29-7-6-20-15-14(23-30-24-15)16(22-26)21-10-2-3-13(18)12(17)8-10/h2-3,8,11,19,26H,4-7,9H2,1H3,(H,20,24)(H,21,22). The SMILES string of the molecule is CN(C1CCNC1)S(=O)(=O)OCCNc1nonc1C(=NO)Nc1ccc(F)c(Br)c1. The van der Waals surface area contributed by atoms with Crippen LogP contribution in [0.1, 0.15) is 12.1 Å². The van der Waals surface area contributed by atoms with Crippen LogP contribution in [0.15, 0.2) is 32.5 Å². The second kappa shape index (κ2) is 10.3. The molecule has 1 unspecified atom stereocenters. The molecular formula is C16H21BrFN7O5S. The normalized spacial score (nSPS) is 17.3. The van der Waals surface area contributed by atoms with E-state index >= 15 is 0 Å². The maximum Gasteiger partial charge on any atom is 0.338 e. The van der Waals surface area contributed by atoms with Gasteiger partial charge in [0.25, 0.3) is 0 Å². The maximum absolute atomic E-state index is 13.4. The first-order chi connectivity index (χ1) is 14.8. The second-order valence-corrected chi connectivity index (χ2v) is 9.05. The lowest BCUT2D eigenvalue weighted by molar-refractivity contribution is 0.268. The highest BCUT2D eigenvalue weighted by Gasteiger charge is 2.29. The molecule has 0 aliphatic carbocycles. The highest BCUT2D eigenvalue weighted by atomic mass is 79.9. The number of benzene rings is 1. The van der Waals surface area contributed by atoms with Crippen molar-refractivity contribution in [3.63, 3.8) is 0 Å². The van der Waals surface area contributed by atoms with E-state index in [1.807, 2.05) is 0 Å². The number of anilines is 2. The van der Waals surface area contributed by atoms with Crippen LogP contribution in [0.25, 0.3) is 0 Å². The van der Waals surface area contributed by atoms with Crippen LogP contribution in [0.2, 0.25) is 0 Å². The van der Waals surface area contributed by atoms with Crippen LogP contribution in [0, 0.1) is 5.82 Å². The van der Waals surface area contributed by atoms with Crippen LogP contribution in [-0.2, 0) is 14.5 Å². The van der Waals surface area contributed by atoms with Crippen molar-refractivity contribution in [2.75, 3.05) is 43.9 Å². The minimum atomic E-state index is -3.88. The van der Waals surface area contributed by atoms with E-state index in [-0.39, 0.29) is 41.0 Å². The lowest BCUT2D eigenvalue weighted by atomic mass is 10.3. The van der Waals surface area contributed by atoms with Crippen molar-refractivity contribution in [2.24, 2.45) is 5.16 Å². The molecule has 3 rings (SSSR count). The van der Waals surface area contributed by atoms with E-state index in [0.29, 0.717) is 18.7 Å². The summed E-state index contributed by atoms with van der Waals surface area (Å²) in [6.07, 6.45) is 0.714. The third kappa shape index (κ3) is 5.88. The van der Waals surface area contributed by atoms with Gasteiger partial charge in [0, 0.05) is 31.9 Å². The first kappa shape index (κ1) is 23.3. The molecule has 1 aliphatic rings. The Morgan fingerprint density at radius 3 is 3.00 bits per heavy atom. The maximum atomic E-state index is 13.4. The fourth-order valence-electron chi connectivity index (χ4n) is 2.83. The predicted molar refractivity (Wildman–Crippen MR) is 113 cm³/mol. The Balaban J connectivity index is 1.56. The summed E-state index contributed by atoms with van der Waals surface area (Å²) in [5, 5.41) is 28.5. The predicted octanol–water partition coefficient (Wildman–Crippen LogP) is 1.19. The minimum Gasteiger partial charge on any atom is -0.409 e. The number of amidine groups is 1. The summed E-state index contributed by atoms with van der Waals surface area (Å²) < 4.78 is 49.0. The zero-order chi connectivity index (χ0) is 22.4. The largest absolute Gasteiger partial charge is 0.409 e. The van der Waals surface area contributed by atoms with Gasteiger partial charge in [0.05, 0.1) is 11.1 Å². The lowest BCUT2D eigenvalue weighted by Gasteiger charge is -2.22. The smallest absolute Gasteiger partial charge is 0.338 e. The van der Waals surface area contributed by atoms with Crippen molar-refractivity contribution in [2.45, 2.75) is 12.5 Å². The molecule has 1 fully saturated rings. The second-order valence-electron chi connectivity index (χ2n) is 6.53. The highest BCUT2D eigenvalue weighted by molar-refractivity contribution is 9.10. The number of aromatic nitrogens is 2. The summed E-state index contributed by atoms with van der Waals surface area (Å²) in [5.41, 5.74) is 0.439. The summed E-state index contributed by atoms with van der Waals surface area (Å²) in [4.78, 5) is 0. The van der Waals surface area contributed by atoms with E-state index in [4.69, 9.17) is 4.18 Å². The Kier molecular flexibility index (Phi) is 7.77. The van der Waals surface area contributed by atoms with Gasteiger partial charge in [-0.2, -0.15) is 12.7 Å². The van der Waals surface area contributed by atoms with Gasteiger partial charge in [0.15, 0.2) is 5.69 Å². The molecule has 0 radical (unpaired) electrons. The number of hydrogen-bond acceptors (Lipinski definition) is 10. The Morgan fingerprint density at radius 2 is 2.32 bits per heavy atom. The first-order valence-electron chi connectivity index (χ1n) is 9.16. The molecule has 2 heterocycles. The van der Waals surface area contributed by atoms with Crippen LogP contribution in [0.5, 0.6) is 0 Å². The summed E-state index contributed by atoms with van der Waals surface area (Å²) in [5.74, 6) is -0.483. The fourth-order valence-corrected chi connectivity index (χ4v) is 4.22. The van der Waals surface area contributed by atoms with Crippen molar-refractivity contribution in [3.05, 3.63) is 34.2 Å². The van der Waals surface area contributed by atoms with E-state index in [2.05, 4.69) is 52.0 Å². The summed E-state index contributed by atoms with van der Waals surface area (Å²) in [6.45, 7) is 1.21. The van der Waals surface area contributed by atoms with Gasteiger partial charge >= 0.3 is 10.3 Å². The van der Waals surface area contributed by atoms with Crippen LogP contribution < -0.4 is 16.0 Å². The van der Waals surface area contributed by atoms with Gasteiger partial charge in [-0.15, -0.1) is 0 Å². The summed E-state index contributed by atoms with van der Waals surface area (Å²) >= 11 is 3.06. The van der Waals surface area contributed by atoms with E-state index in [1.54, 1.807) is 0 Å². The van der Waals surface area contributed by atoms with Gasteiger partial charge in [-0.3, -0.25) is 4.18 Å². The van der Waals surface area contributed by atoms with Crippen molar-refractivity contribution >= 4 is 43.6 Å². The Morgan fingerprint density at radius 1 is 1.52 bits per heavy atom. The van der Waals surface area contributed by atoms with E-state index in [0.717, 1.165) is 6.54 Å². The molecule has 12 nitrogen and oxygen atoms in total. The molecule has 31 heavy (non-hydrogen) atoms. The monoisotopic (exact) mass is 521 g/mol. The number of nitrogens with one attached hydrogen (secondary N) is 3. The van der Waals surface area contributed by atoms with Gasteiger partial charge in [-0.05, 0) is 57.4 Å². The quantitative estimate of drug-likeness (QED) is 0.124. The number of halogens is 2. The van der Waals surface area contributed by atoms with Gasteiger partial charge in [0.2, 0.25) is 11.7 Å². The molecule has 170 valence electrons. The van der Waals surface area contributed by atoms with Crippen molar-refractivity contribution in [1.29, 1.82) is 0 Å². The molecule has 0 spiro atoms. The third-order valence-electron chi connectivity index (χ3n) is 4.52. The van der Waals surface area contributed by atoms with E-state index in [1.165, 1.54) is 29.6 Å². The Hall–Kier alpha value is -2.33. The molecule has 1 atom stereocenters. The van der Waals surface area contributed by atoms with Gasteiger partial charge < -0.3 is 21.2 Å². The first-order valence-corrected chi connectivity index (χ1v) is 11.3. The zero-order valence-corrected chi connectivity index (χ0v) is 18.8. The van der Waals surface area contributed by atoms with Crippen molar-refractivity contribution in [1.82, 2.24) is 19.9 Å². The number of hydrogen-bond donors (Lipinski definition) is 4. The summed E-state index contributed by atoms with van der Waals surface area (Å²) in [6, 6.07) is 3.94. The molecule has 0 saturated carbocycles. The molecule has 4 N–H and O–H groups in total. The Labute approximate surface area is 186 Å². The van der Waals surface area contributed by atoms with E-state index in [9.17, 15) is 18.0 Å². The molecule has 0 bridgehead atoms. The third-order valence-corrected chi connectivity index (χ3v) is 6.60. The van der Waals surface area contributed by atoms with Crippen LogP contribution in [-0.4, -0.2) is 73.4 Å². The van der Waals surface area contributed by atoms with Gasteiger partial charge in [-0.1, -0.05) is 5.16 Å². The van der Waals surface area contributed by atoms with Gasteiger partial charge in [-0.25, -0.2) is 9.02 Å². The number of likely N-dealkylation sites (N-methyl/N-ethyl adjacent to an activating group) is 1. The molecule has 1 aromatic heterocycles. The number of nitrogens with zero attached hydrogens (tertiary/aromatic N) is 4. The van der Waals surface area contributed by atoms with Crippen LogP contribution in [0.3, 0.4) is 0 Å². The topological polar surface area (TPSA) is 154 Å². The molecule has 1 aliphatic heterocycles. The molecule has 1 aromatic carbocycles. The molecular weight excluding hydrogens is 501 g/mol. The van der Waals surface area contributed by atoms with Crippen LogP contribution in [0.4, 0.5) is 15.9 Å². The molecule has 15 heteroatoms. The average molecular weight is 522 g/mol. The number of oxime groups is 1. The molecule has 2 aromatic rings. The van der Waals surface area contributed by atoms with E-state index < -0.39 is 16.1 Å². The van der Waals surface area contributed by atoms with Crippen molar-refractivity contribution < 1.29 is 26.8 Å². The average Bonchev–Trinajstić information content (AvgIpc) is 3.43. The minimum absolute atomic E-state index is 0.0277. The number of rotatable bonds is 9. The van der Waals surface area contributed by atoms with Gasteiger partial charge in [0.1, 0.15) is 5.82 Å². The molecule has 0 amide bonds. The van der Waals surface area contributed by atoms with Crippen LogP contribution >= 0.6 is 15.9 Å². The lowest BCUT2D eigenvalue weighted by Crippen LogP contribution is -2.39. The molecule has 1 saturated heterocycles. The fraction of sp³-hybridized carbons (Fsp3) is 0.438. The van der Waals surface area contributed by atoms with Crippen molar-refractivity contribution in [3.8, 4) is 0 Å². The highest BCUT2D eigenvalue weighted by Crippen LogP contribution is 2.21. The summed E-state index contributed by atoms with van der Waals surface area (Å²) in [7, 11) is -2.41.